The maximum atomic E-state index is 13.8. The number of benzene rings is 1. The van der Waals surface area contributed by atoms with Crippen LogP contribution in [-0.4, -0.2) is 30.4 Å². The van der Waals surface area contributed by atoms with Gasteiger partial charge in [-0.15, -0.1) is 0 Å². The highest BCUT2D eigenvalue weighted by atomic mass is 35.5. The van der Waals surface area contributed by atoms with Crippen molar-refractivity contribution in [1.82, 2.24) is 10.2 Å². The molecule has 20 heavy (non-hydrogen) atoms. The highest BCUT2D eigenvalue weighted by Crippen LogP contribution is 2.39. The van der Waals surface area contributed by atoms with Crippen LogP contribution in [-0.2, 0) is 11.3 Å². The van der Waals surface area contributed by atoms with E-state index >= 15 is 0 Å². The van der Waals surface area contributed by atoms with E-state index in [-0.39, 0.29) is 17.1 Å². The summed E-state index contributed by atoms with van der Waals surface area (Å²) >= 11 is 5.75. The number of amides is 1. The van der Waals surface area contributed by atoms with Gasteiger partial charge in [0.2, 0.25) is 5.91 Å². The number of hydrogen-bond donors (Lipinski definition) is 1. The molecule has 1 aromatic carbocycles. The van der Waals surface area contributed by atoms with Gasteiger partial charge in [-0.2, -0.15) is 0 Å². The molecular weight excluding hydrogens is 279 g/mol. The van der Waals surface area contributed by atoms with Gasteiger partial charge in [0.1, 0.15) is 5.82 Å². The molecule has 0 bridgehead atoms. The summed E-state index contributed by atoms with van der Waals surface area (Å²) in [6, 6.07) is 4.64. The summed E-state index contributed by atoms with van der Waals surface area (Å²) in [6.07, 6.45) is 2.65. The minimum atomic E-state index is -0.337. The lowest BCUT2D eigenvalue weighted by molar-refractivity contribution is -0.128. The summed E-state index contributed by atoms with van der Waals surface area (Å²) < 4.78 is 13.8. The molecule has 5 heteroatoms. The van der Waals surface area contributed by atoms with E-state index in [0.29, 0.717) is 23.6 Å². The zero-order chi connectivity index (χ0) is 14.2. The van der Waals surface area contributed by atoms with Crippen molar-refractivity contribution in [3.8, 4) is 0 Å². The SMILES string of the molecule is O=C1CC2(CCNCC2)CN1Cc1ccc(Cl)cc1F. The number of nitrogens with one attached hydrogen (secondary N) is 1. The van der Waals surface area contributed by atoms with Crippen molar-refractivity contribution >= 4 is 17.5 Å². The molecule has 2 saturated heterocycles. The topological polar surface area (TPSA) is 32.3 Å². The third kappa shape index (κ3) is 2.67. The molecule has 108 valence electrons. The fourth-order valence-corrected chi connectivity index (χ4v) is 3.43. The Hall–Kier alpha value is -1.13. The third-order valence-electron chi connectivity index (χ3n) is 4.45. The van der Waals surface area contributed by atoms with Gasteiger partial charge in [-0.1, -0.05) is 17.7 Å². The molecule has 3 rings (SSSR count). The molecule has 1 amide bonds. The highest BCUT2D eigenvalue weighted by molar-refractivity contribution is 6.30. The summed E-state index contributed by atoms with van der Waals surface area (Å²) in [5.41, 5.74) is 0.638. The van der Waals surface area contributed by atoms with Crippen LogP contribution in [0.15, 0.2) is 18.2 Å². The molecule has 2 fully saturated rings. The van der Waals surface area contributed by atoms with Gasteiger partial charge in [-0.05, 0) is 43.5 Å². The fourth-order valence-electron chi connectivity index (χ4n) is 3.27. The minimum Gasteiger partial charge on any atom is -0.338 e. The second kappa shape index (κ2) is 5.34. The van der Waals surface area contributed by atoms with E-state index in [0.717, 1.165) is 32.5 Å². The van der Waals surface area contributed by atoms with Gasteiger partial charge in [0.15, 0.2) is 0 Å². The average Bonchev–Trinajstić information content (AvgIpc) is 2.70. The quantitative estimate of drug-likeness (QED) is 0.910. The number of carbonyl (C=O) groups excluding carboxylic acids is 1. The molecule has 0 saturated carbocycles. The summed E-state index contributed by atoms with van der Waals surface area (Å²) in [4.78, 5) is 14.0. The Morgan fingerprint density at radius 3 is 2.80 bits per heavy atom. The van der Waals surface area contributed by atoms with Gasteiger partial charge in [-0.25, -0.2) is 4.39 Å². The molecule has 0 aromatic heterocycles. The second-order valence-corrected chi connectivity index (χ2v) is 6.35. The van der Waals surface area contributed by atoms with E-state index in [4.69, 9.17) is 11.6 Å². The van der Waals surface area contributed by atoms with Crippen molar-refractivity contribution in [1.29, 1.82) is 0 Å². The van der Waals surface area contributed by atoms with E-state index in [2.05, 4.69) is 5.32 Å². The Morgan fingerprint density at radius 2 is 2.10 bits per heavy atom. The molecule has 3 nitrogen and oxygen atoms in total. The first-order valence-corrected chi connectivity index (χ1v) is 7.38. The molecular formula is C15H18ClFN2O. The number of nitrogens with zero attached hydrogens (tertiary/aromatic N) is 1. The van der Waals surface area contributed by atoms with Gasteiger partial charge in [0, 0.05) is 30.1 Å². The van der Waals surface area contributed by atoms with Gasteiger partial charge < -0.3 is 10.2 Å². The molecule has 2 aliphatic rings. The van der Waals surface area contributed by atoms with Gasteiger partial charge >= 0.3 is 0 Å². The molecule has 0 aliphatic carbocycles. The highest BCUT2D eigenvalue weighted by Gasteiger charge is 2.43. The van der Waals surface area contributed by atoms with Crippen molar-refractivity contribution in [2.45, 2.75) is 25.8 Å². The Bertz CT molecular complexity index is 529. The Kier molecular flexibility index (Phi) is 3.69. The largest absolute Gasteiger partial charge is 0.338 e. The molecule has 2 heterocycles. The lowest BCUT2D eigenvalue weighted by Gasteiger charge is -2.33. The van der Waals surface area contributed by atoms with Crippen molar-refractivity contribution in [2.24, 2.45) is 5.41 Å². The van der Waals surface area contributed by atoms with Gasteiger partial charge in [-0.3, -0.25) is 4.79 Å². The number of rotatable bonds is 2. The Labute approximate surface area is 123 Å². The van der Waals surface area contributed by atoms with Gasteiger partial charge in [0.05, 0.1) is 0 Å². The fraction of sp³-hybridized carbons (Fsp3) is 0.533. The normalized spacial score (nSPS) is 21.7. The maximum Gasteiger partial charge on any atom is 0.223 e. The van der Waals surface area contributed by atoms with Crippen molar-refractivity contribution in [3.63, 3.8) is 0 Å². The second-order valence-electron chi connectivity index (χ2n) is 5.91. The summed E-state index contributed by atoms with van der Waals surface area (Å²) in [5.74, 6) is -0.196. The van der Waals surface area contributed by atoms with Crippen LogP contribution in [0.4, 0.5) is 4.39 Å². The number of likely N-dealkylation sites (tertiary alicyclic amines) is 1. The maximum absolute atomic E-state index is 13.8. The lowest BCUT2D eigenvalue weighted by Crippen LogP contribution is -2.38. The van der Waals surface area contributed by atoms with Crippen LogP contribution in [0.2, 0.25) is 5.02 Å². The predicted molar refractivity (Wildman–Crippen MR) is 76.0 cm³/mol. The van der Waals surface area contributed by atoms with Crippen LogP contribution in [0.5, 0.6) is 0 Å². The molecule has 2 aliphatic heterocycles. The van der Waals surface area contributed by atoms with E-state index in [1.807, 2.05) is 0 Å². The Balaban J connectivity index is 1.73. The molecule has 1 spiro atoms. The van der Waals surface area contributed by atoms with Crippen LogP contribution < -0.4 is 5.32 Å². The van der Waals surface area contributed by atoms with Gasteiger partial charge in [0.25, 0.3) is 0 Å². The predicted octanol–water partition coefficient (Wildman–Crippen LogP) is 2.58. The molecule has 0 radical (unpaired) electrons. The number of piperidine rings is 1. The molecule has 1 N–H and O–H groups in total. The van der Waals surface area contributed by atoms with Crippen LogP contribution in [0.3, 0.4) is 0 Å². The third-order valence-corrected chi connectivity index (χ3v) is 4.68. The number of hydrogen-bond acceptors (Lipinski definition) is 2. The zero-order valence-corrected chi connectivity index (χ0v) is 12.0. The standard InChI is InChI=1S/C15H18ClFN2O/c16-12-2-1-11(13(17)7-12)9-19-10-15(8-14(19)20)3-5-18-6-4-15/h1-2,7,18H,3-6,8-10H2. The number of carbonyl (C=O) groups is 1. The van der Waals surface area contributed by atoms with E-state index in [9.17, 15) is 9.18 Å². The smallest absolute Gasteiger partial charge is 0.223 e. The molecule has 0 unspecified atom stereocenters. The minimum absolute atomic E-state index is 0.102. The first-order valence-electron chi connectivity index (χ1n) is 7.00. The van der Waals surface area contributed by atoms with Crippen molar-refractivity contribution < 1.29 is 9.18 Å². The lowest BCUT2D eigenvalue weighted by atomic mass is 9.78. The van der Waals surface area contributed by atoms with E-state index in [1.54, 1.807) is 17.0 Å². The monoisotopic (exact) mass is 296 g/mol. The average molecular weight is 297 g/mol. The van der Waals surface area contributed by atoms with Crippen LogP contribution >= 0.6 is 11.6 Å². The molecule has 1 aromatic rings. The van der Waals surface area contributed by atoms with E-state index in [1.165, 1.54) is 6.07 Å². The zero-order valence-electron chi connectivity index (χ0n) is 11.3. The van der Waals surface area contributed by atoms with Crippen LogP contribution in [0.1, 0.15) is 24.8 Å². The summed E-state index contributed by atoms with van der Waals surface area (Å²) in [6.45, 7) is 3.03. The Morgan fingerprint density at radius 1 is 1.35 bits per heavy atom. The first-order chi connectivity index (χ1) is 9.58. The van der Waals surface area contributed by atoms with Crippen LogP contribution in [0, 0.1) is 11.2 Å². The summed E-state index contributed by atoms with van der Waals surface area (Å²) in [5, 5.41) is 3.71. The molecule has 0 atom stereocenters. The number of halogens is 2. The summed E-state index contributed by atoms with van der Waals surface area (Å²) in [7, 11) is 0. The van der Waals surface area contributed by atoms with E-state index < -0.39 is 0 Å². The van der Waals surface area contributed by atoms with Crippen molar-refractivity contribution in [3.05, 3.63) is 34.6 Å². The van der Waals surface area contributed by atoms with Crippen LogP contribution in [0.25, 0.3) is 0 Å². The van der Waals surface area contributed by atoms with Crippen molar-refractivity contribution in [2.75, 3.05) is 19.6 Å². The first kappa shape index (κ1) is 13.8.